The molecule has 0 fully saturated rings. The zero-order valence-electron chi connectivity index (χ0n) is 13.4. The van der Waals surface area contributed by atoms with E-state index in [-0.39, 0.29) is 0 Å². The first-order valence-electron chi connectivity index (χ1n) is 8.53. The van der Waals surface area contributed by atoms with Gasteiger partial charge in [-0.1, -0.05) is 18.2 Å². The standard InChI is InChI=1S/C18H30N2O/c1-2-21-16-8-6-12-19-13-15-20-14-7-5-10-17-9-3-4-11-18(17)20/h3-4,9,11,19H,2,5-8,10,12-16H2,1H3. The second-order valence-corrected chi connectivity index (χ2v) is 5.73. The van der Waals surface area contributed by atoms with Gasteiger partial charge in [0, 0.05) is 38.5 Å². The van der Waals surface area contributed by atoms with Crippen LogP contribution in [0.15, 0.2) is 24.3 Å². The van der Waals surface area contributed by atoms with Gasteiger partial charge in [-0.15, -0.1) is 0 Å². The van der Waals surface area contributed by atoms with Crippen molar-refractivity contribution in [2.75, 3.05) is 44.3 Å². The molecule has 3 nitrogen and oxygen atoms in total. The van der Waals surface area contributed by atoms with Gasteiger partial charge in [-0.3, -0.25) is 0 Å². The normalized spacial score (nSPS) is 14.8. The number of fused-ring (bicyclic) bond motifs is 1. The number of hydrogen-bond donors (Lipinski definition) is 1. The number of nitrogens with one attached hydrogen (secondary N) is 1. The van der Waals surface area contributed by atoms with Gasteiger partial charge in [0.25, 0.3) is 0 Å². The molecule has 0 aromatic heterocycles. The third-order valence-corrected chi connectivity index (χ3v) is 4.11. The molecular formula is C18H30N2O. The molecule has 0 saturated heterocycles. The zero-order chi connectivity index (χ0) is 14.8. The maximum absolute atomic E-state index is 5.35. The fourth-order valence-corrected chi connectivity index (χ4v) is 2.94. The topological polar surface area (TPSA) is 24.5 Å². The van der Waals surface area contributed by atoms with E-state index >= 15 is 0 Å². The Hall–Kier alpha value is -1.06. The van der Waals surface area contributed by atoms with Crippen LogP contribution in [0.2, 0.25) is 0 Å². The number of rotatable bonds is 9. The summed E-state index contributed by atoms with van der Waals surface area (Å²) >= 11 is 0. The molecule has 0 saturated carbocycles. The number of aryl methyl sites for hydroxylation is 1. The van der Waals surface area contributed by atoms with Crippen LogP contribution in [0.3, 0.4) is 0 Å². The van der Waals surface area contributed by atoms with Crippen LogP contribution in [0, 0.1) is 0 Å². The van der Waals surface area contributed by atoms with Crippen LogP contribution in [0.1, 0.15) is 38.2 Å². The Labute approximate surface area is 129 Å². The number of nitrogens with zero attached hydrogens (tertiary/aromatic N) is 1. The van der Waals surface area contributed by atoms with E-state index in [4.69, 9.17) is 4.74 Å². The first-order valence-corrected chi connectivity index (χ1v) is 8.53. The third kappa shape index (κ3) is 5.68. The van der Waals surface area contributed by atoms with Crippen molar-refractivity contribution < 1.29 is 4.74 Å². The molecule has 1 aromatic rings. The fourth-order valence-electron chi connectivity index (χ4n) is 2.94. The summed E-state index contributed by atoms with van der Waals surface area (Å²) in [5.74, 6) is 0. The van der Waals surface area contributed by atoms with Crippen molar-refractivity contribution in [2.24, 2.45) is 0 Å². The van der Waals surface area contributed by atoms with E-state index in [0.29, 0.717) is 0 Å². The van der Waals surface area contributed by atoms with E-state index in [1.165, 1.54) is 43.5 Å². The Morgan fingerprint density at radius 1 is 1.14 bits per heavy atom. The predicted molar refractivity (Wildman–Crippen MR) is 90.2 cm³/mol. The lowest BCUT2D eigenvalue weighted by Crippen LogP contribution is -2.33. The lowest BCUT2D eigenvalue weighted by atomic mass is 10.1. The van der Waals surface area contributed by atoms with Crippen LogP contribution in [-0.2, 0) is 11.2 Å². The quantitative estimate of drug-likeness (QED) is 0.707. The monoisotopic (exact) mass is 290 g/mol. The Morgan fingerprint density at radius 3 is 2.95 bits per heavy atom. The summed E-state index contributed by atoms with van der Waals surface area (Å²) in [7, 11) is 0. The molecule has 1 aliphatic heterocycles. The molecule has 0 spiro atoms. The van der Waals surface area contributed by atoms with Crippen molar-refractivity contribution in [1.82, 2.24) is 5.32 Å². The van der Waals surface area contributed by atoms with Gasteiger partial charge < -0.3 is 15.0 Å². The first-order chi connectivity index (χ1) is 10.4. The van der Waals surface area contributed by atoms with Gasteiger partial charge in [0.05, 0.1) is 0 Å². The smallest absolute Gasteiger partial charge is 0.0466 e. The lowest BCUT2D eigenvalue weighted by molar-refractivity contribution is 0.143. The molecule has 1 N–H and O–H groups in total. The minimum absolute atomic E-state index is 0.835. The molecule has 1 aromatic carbocycles. The summed E-state index contributed by atoms with van der Waals surface area (Å²) in [5, 5.41) is 3.56. The number of benzene rings is 1. The Bertz CT molecular complexity index is 395. The van der Waals surface area contributed by atoms with Gasteiger partial charge in [-0.25, -0.2) is 0 Å². The van der Waals surface area contributed by atoms with E-state index in [0.717, 1.165) is 39.3 Å². The SMILES string of the molecule is CCOCCCCNCCN1CCCCc2ccccc21. The van der Waals surface area contributed by atoms with Gasteiger partial charge in [0.2, 0.25) is 0 Å². The second-order valence-electron chi connectivity index (χ2n) is 5.73. The predicted octanol–water partition coefficient (Wildman–Crippen LogP) is 3.24. The molecule has 0 unspecified atom stereocenters. The summed E-state index contributed by atoms with van der Waals surface area (Å²) in [5.41, 5.74) is 2.97. The molecule has 1 heterocycles. The highest BCUT2D eigenvalue weighted by Crippen LogP contribution is 2.25. The second kappa shape index (κ2) is 9.80. The van der Waals surface area contributed by atoms with E-state index in [1.807, 2.05) is 0 Å². The number of para-hydroxylation sites is 1. The molecule has 0 radical (unpaired) electrons. The number of unbranched alkanes of at least 4 members (excludes halogenated alkanes) is 1. The highest BCUT2D eigenvalue weighted by molar-refractivity contribution is 5.54. The van der Waals surface area contributed by atoms with Crippen molar-refractivity contribution in [2.45, 2.75) is 39.0 Å². The summed E-state index contributed by atoms with van der Waals surface area (Å²) in [4.78, 5) is 2.55. The van der Waals surface area contributed by atoms with Crippen molar-refractivity contribution in [1.29, 1.82) is 0 Å². The lowest BCUT2D eigenvalue weighted by Gasteiger charge is -2.25. The molecule has 0 amide bonds. The Kier molecular flexibility index (Phi) is 7.61. The van der Waals surface area contributed by atoms with Crippen molar-refractivity contribution in [3.8, 4) is 0 Å². The summed E-state index contributed by atoms with van der Waals surface area (Å²) in [6.07, 6.45) is 6.23. The fraction of sp³-hybridized carbons (Fsp3) is 0.667. The minimum atomic E-state index is 0.835. The minimum Gasteiger partial charge on any atom is -0.382 e. The number of ether oxygens (including phenoxy) is 1. The molecule has 0 aliphatic carbocycles. The Morgan fingerprint density at radius 2 is 2.05 bits per heavy atom. The van der Waals surface area contributed by atoms with Gasteiger partial charge in [-0.05, 0) is 57.2 Å². The van der Waals surface area contributed by atoms with Crippen molar-refractivity contribution in [3.05, 3.63) is 29.8 Å². The third-order valence-electron chi connectivity index (χ3n) is 4.11. The van der Waals surface area contributed by atoms with Gasteiger partial charge >= 0.3 is 0 Å². The molecule has 3 heteroatoms. The number of anilines is 1. The van der Waals surface area contributed by atoms with E-state index in [1.54, 1.807) is 0 Å². The molecule has 0 bridgehead atoms. The molecule has 118 valence electrons. The van der Waals surface area contributed by atoms with Crippen molar-refractivity contribution >= 4 is 5.69 Å². The van der Waals surface area contributed by atoms with Gasteiger partial charge in [-0.2, -0.15) is 0 Å². The molecule has 0 atom stereocenters. The average molecular weight is 290 g/mol. The highest BCUT2D eigenvalue weighted by atomic mass is 16.5. The average Bonchev–Trinajstić information content (AvgIpc) is 2.72. The van der Waals surface area contributed by atoms with Crippen LogP contribution >= 0.6 is 0 Å². The molecular weight excluding hydrogens is 260 g/mol. The summed E-state index contributed by atoms with van der Waals surface area (Å²) < 4.78 is 5.35. The van der Waals surface area contributed by atoms with Gasteiger partial charge in [0.15, 0.2) is 0 Å². The molecule has 2 rings (SSSR count). The van der Waals surface area contributed by atoms with Crippen LogP contribution in [0.4, 0.5) is 5.69 Å². The summed E-state index contributed by atoms with van der Waals surface area (Å²) in [6, 6.07) is 8.90. The first kappa shape index (κ1) is 16.3. The number of hydrogen-bond acceptors (Lipinski definition) is 3. The van der Waals surface area contributed by atoms with Crippen LogP contribution in [0.5, 0.6) is 0 Å². The van der Waals surface area contributed by atoms with Crippen molar-refractivity contribution in [3.63, 3.8) is 0 Å². The zero-order valence-corrected chi connectivity index (χ0v) is 13.4. The molecule has 21 heavy (non-hydrogen) atoms. The van der Waals surface area contributed by atoms with Crippen LogP contribution < -0.4 is 10.2 Å². The molecule has 1 aliphatic rings. The maximum Gasteiger partial charge on any atom is 0.0466 e. The largest absolute Gasteiger partial charge is 0.382 e. The van der Waals surface area contributed by atoms with E-state index < -0.39 is 0 Å². The maximum atomic E-state index is 5.35. The Balaban J connectivity index is 1.66. The highest BCUT2D eigenvalue weighted by Gasteiger charge is 2.13. The van der Waals surface area contributed by atoms with Gasteiger partial charge in [0.1, 0.15) is 0 Å². The van der Waals surface area contributed by atoms with E-state index in [9.17, 15) is 0 Å². The van der Waals surface area contributed by atoms with Crippen LogP contribution in [-0.4, -0.2) is 39.4 Å². The summed E-state index contributed by atoms with van der Waals surface area (Å²) in [6.45, 7) is 8.27. The van der Waals surface area contributed by atoms with Crippen LogP contribution in [0.25, 0.3) is 0 Å². The van der Waals surface area contributed by atoms with E-state index in [2.05, 4.69) is 41.4 Å².